The van der Waals surface area contributed by atoms with Crippen LogP contribution in [-0.2, 0) is 9.08 Å². The summed E-state index contributed by atoms with van der Waals surface area (Å²) in [6.07, 6.45) is 0. The van der Waals surface area contributed by atoms with Crippen molar-refractivity contribution in [3.05, 3.63) is 0 Å². The van der Waals surface area contributed by atoms with E-state index in [4.69, 9.17) is 0 Å². The Morgan fingerprint density at radius 3 is 2.00 bits per heavy atom. The molecule has 0 aliphatic heterocycles. The minimum Gasteiger partial charge on any atom is -0.348 e. The van der Waals surface area contributed by atoms with Gasteiger partial charge in [-0.15, -0.1) is 0 Å². The molecule has 0 rings (SSSR count). The maximum absolute atomic E-state index is 9.46. The first-order valence-electron chi connectivity index (χ1n) is 1.06. The number of halogens is 1. The summed E-state index contributed by atoms with van der Waals surface area (Å²) in [5, 5.41) is 0. The molecule has 0 bridgehead atoms. The van der Waals surface area contributed by atoms with Crippen LogP contribution in [0.5, 0.6) is 0 Å². The van der Waals surface area contributed by atoms with Crippen LogP contribution in [0.1, 0.15) is 6.92 Å². The molecule has 0 aromatic rings. The molecule has 31 valence electrons. The molecule has 0 atom stereocenters. The van der Waals surface area contributed by atoms with Gasteiger partial charge in [-0.2, -0.15) is 0 Å². The standard InChI is InChI=1S/C2H3ClO2.Li/c1-2(4)5-3;/h1H3;. The Morgan fingerprint density at radius 2 is 2.00 bits per heavy atom. The molecule has 0 N–H and O–H groups in total. The molecule has 0 saturated heterocycles. The second kappa shape index (κ2) is 5.36. The summed E-state index contributed by atoms with van der Waals surface area (Å²) in [5.74, 6) is -0.480. The number of carbonyl (C=O) groups excluding carboxylic acids is 1. The molecule has 0 spiro atoms. The SMILES string of the molecule is CC(=O)OCl.[Li]. The van der Waals surface area contributed by atoms with Crippen LogP contribution in [-0.4, -0.2) is 24.8 Å². The maximum Gasteiger partial charge on any atom is 0.321 e. The summed E-state index contributed by atoms with van der Waals surface area (Å²) >= 11 is 4.49. The van der Waals surface area contributed by atoms with E-state index in [1.54, 1.807) is 0 Å². The third kappa shape index (κ3) is 8.84. The van der Waals surface area contributed by atoms with Crippen LogP contribution < -0.4 is 0 Å². The van der Waals surface area contributed by atoms with E-state index in [2.05, 4.69) is 16.2 Å². The molecule has 6 heavy (non-hydrogen) atoms. The van der Waals surface area contributed by atoms with Crippen LogP contribution in [0.15, 0.2) is 0 Å². The van der Waals surface area contributed by atoms with Crippen LogP contribution >= 0.6 is 11.9 Å². The second-order valence-electron chi connectivity index (χ2n) is 0.569. The van der Waals surface area contributed by atoms with Crippen LogP contribution in [0.2, 0.25) is 0 Å². The van der Waals surface area contributed by atoms with E-state index in [1.165, 1.54) is 6.92 Å². The smallest absolute Gasteiger partial charge is 0.321 e. The van der Waals surface area contributed by atoms with E-state index in [9.17, 15) is 4.79 Å². The van der Waals surface area contributed by atoms with Gasteiger partial charge >= 0.3 is 5.97 Å². The van der Waals surface area contributed by atoms with Crippen LogP contribution in [0, 0.1) is 0 Å². The molecule has 0 saturated carbocycles. The number of hydrogen-bond acceptors (Lipinski definition) is 2. The molecule has 2 nitrogen and oxygen atoms in total. The van der Waals surface area contributed by atoms with Crippen LogP contribution in [0.3, 0.4) is 0 Å². The van der Waals surface area contributed by atoms with Gasteiger partial charge in [0.2, 0.25) is 0 Å². The summed E-state index contributed by atoms with van der Waals surface area (Å²) < 4.78 is 3.58. The topological polar surface area (TPSA) is 26.3 Å². The molecular formula is C2H3ClLiO2. The fourth-order valence-electron chi connectivity index (χ4n) is 0. The van der Waals surface area contributed by atoms with Gasteiger partial charge in [0, 0.05) is 25.8 Å². The first-order valence-corrected chi connectivity index (χ1v) is 1.37. The molecule has 1 radical (unpaired) electrons. The van der Waals surface area contributed by atoms with Gasteiger partial charge in [-0.25, -0.2) is 0 Å². The molecule has 0 aliphatic rings. The first-order chi connectivity index (χ1) is 2.27. The van der Waals surface area contributed by atoms with Gasteiger partial charge in [-0.3, -0.25) is 4.79 Å². The van der Waals surface area contributed by atoms with Gasteiger partial charge in [0.15, 0.2) is 0 Å². The summed E-state index contributed by atoms with van der Waals surface area (Å²) in [5.41, 5.74) is 0. The second-order valence-corrected chi connectivity index (χ2v) is 0.723. The van der Waals surface area contributed by atoms with E-state index >= 15 is 0 Å². The molecule has 0 amide bonds. The van der Waals surface area contributed by atoms with Crippen LogP contribution in [0.4, 0.5) is 0 Å². The average Bonchev–Trinajstić information content (AvgIpc) is 1.38. The van der Waals surface area contributed by atoms with Gasteiger partial charge in [0.1, 0.15) is 11.9 Å². The maximum atomic E-state index is 9.46. The molecule has 4 heteroatoms. The van der Waals surface area contributed by atoms with E-state index in [0.717, 1.165) is 0 Å². The average molecular weight is 101 g/mol. The summed E-state index contributed by atoms with van der Waals surface area (Å²) in [4.78, 5) is 9.46. The zero-order valence-corrected chi connectivity index (χ0v) is 4.45. The zero-order valence-electron chi connectivity index (χ0n) is 3.69. The number of rotatable bonds is 0. The largest absolute Gasteiger partial charge is 0.348 e. The zero-order chi connectivity index (χ0) is 4.28. The predicted molar refractivity (Wildman–Crippen MR) is 23.4 cm³/mol. The monoisotopic (exact) mass is 101 g/mol. The van der Waals surface area contributed by atoms with Crippen molar-refractivity contribution < 1.29 is 9.08 Å². The van der Waals surface area contributed by atoms with E-state index in [0.29, 0.717) is 0 Å². The van der Waals surface area contributed by atoms with Gasteiger partial charge < -0.3 is 4.29 Å². The molecule has 0 heterocycles. The minimum absolute atomic E-state index is 0. The van der Waals surface area contributed by atoms with Crippen molar-refractivity contribution in [2.24, 2.45) is 0 Å². The first kappa shape index (κ1) is 9.61. The van der Waals surface area contributed by atoms with Crippen LogP contribution in [0.25, 0.3) is 0 Å². The molecule has 0 unspecified atom stereocenters. The Kier molecular flexibility index (Phi) is 8.58. The molecule has 0 aliphatic carbocycles. The third-order valence-corrected chi connectivity index (χ3v) is 0.326. The van der Waals surface area contributed by atoms with Gasteiger partial charge in [-0.05, 0) is 0 Å². The fourth-order valence-corrected chi connectivity index (χ4v) is 0. The summed E-state index contributed by atoms with van der Waals surface area (Å²) in [6.45, 7) is 1.23. The summed E-state index contributed by atoms with van der Waals surface area (Å²) in [7, 11) is 0. The van der Waals surface area contributed by atoms with Gasteiger partial charge in [-0.1, -0.05) is 0 Å². The number of hydrogen-bond donors (Lipinski definition) is 0. The third-order valence-electron chi connectivity index (χ3n) is 0.109. The van der Waals surface area contributed by atoms with E-state index in [1.807, 2.05) is 0 Å². The van der Waals surface area contributed by atoms with Gasteiger partial charge in [0.25, 0.3) is 0 Å². The normalized spacial score (nSPS) is 5.67. The minimum atomic E-state index is -0.480. The Bertz CT molecular complexity index is 46.8. The van der Waals surface area contributed by atoms with Crippen molar-refractivity contribution in [3.8, 4) is 0 Å². The van der Waals surface area contributed by atoms with Crippen molar-refractivity contribution >= 4 is 36.7 Å². The van der Waals surface area contributed by atoms with E-state index in [-0.39, 0.29) is 18.9 Å². The summed E-state index contributed by atoms with van der Waals surface area (Å²) in [6, 6.07) is 0. The quantitative estimate of drug-likeness (QED) is 0.411. The Labute approximate surface area is 53.2 Å². The van der Waals surface area contributed by atoms with Crippen molar-refractivity contribution in [2.75, 3.05) is 0 Å². The molecule has 0 fully saturated rings. The van der Waals surface area contributed by atoms with E-state index < -0.39 is 5.97 Å². The van der Waals surface area contributed by atoms with Gasteiger partial charge in [0.05, 0.1) is 0 Å². The predicted octanol–water partition coefficient (Wildman–Crippen LogP) is 0.322. The Balaban J connectivity index is 0. The Hall–Kier alpha value is 0.357. The molecule has 0 aromatic carbocycles. The van der Waals surface area contributed by atoms with Crippen molar-refractivity contribution in [2.45, 2.75) is 6.92 Å². The van der Waals surface area contributed by atoms with Crippen molar-refractivity contribution in [1.29, 1.82) is 0 Å². The van der Waals surface area contributed by atoms with Crippen molar-refractivity contribution in [3.63, 3.8) is 0 Å². The fraction of sp³-hybridized carbons (Fsp3) is 0.500. The number of carbonyl (C=O) groups is 1. The molecule has 0 aromatic heterocycles. The molecular weight excluding hydrogens is 98.4 g/mol. The Morgan fingerprint density at radius 1 is 1.83 bits per heavy atom. The van der Waals surface area contributed by atoms with Crippen molar-refractivity contribution in [1.82, 2.24) is 0 Å².